The first kappa shape index (κ1) is 5.23. The van der Waals surface area contributed by atoms with Crippen molar-refractivity contribution in [1.29, 1.82) is 0 Å². The Bertz CT molecular complexity index is 248. The topological polar surface area (TPSA) is 84.9 Å². The van der Waals surface area contributed by atoms with E-state index in [4.69, 9.17) is 5.73 Å². The summed E-state index contributed by atoms with van der Waals surface area (Å²) < 4.78 is 26.3. The van der Waals surface area contributed by atoms with Crippen LogP contribution >= 0.6 is 0 Å². The van der Waals surface area contributed by atoms with Crippen LogP contribution in [0.3, 0.4) is 0 Å². The van der Waals surface area contributed by atoms with Gasteiger partial charge in [0.15, 0.2) is 5.84 Å². The van der Waals surface area contributed by atoms with Crippen molar-refractivity contribution in [2.75, 3.05) is 0 Å². The Kier molecular flexibility index (Phi) is 0.839. The molecule has 1 rings (SSSR count). The van der Waals surface area contributed by atoms with Crippen LogP contribution in [0.25, 0.3) is 0 Å². The monoisotopic (exact) mass is 133 g/mol. The third kappa shape index (κ3) is 0.836. The zero-order valence-electron chi connectivity index (χ0n) is 3.77. The molecule has 0 fully saturated rings. The lowest BCUT2D eigenvalue weighted by atomic mass is 10.7. The molecule has 0 aromatic heterocycles. The van der Waals surface area contributed by atoms with Gasteiger partial charge in [-0.1, -0.05) is 0 Å². The van der Waals surface area contributed by atoms with Gasteiger partial charge >= 0.3 is 10.2 Å². The Balaban J connectivity index is 3.21. The third-order valence-electron chi connectivity index (χ3n) is 0.539. The zero-order chi connectivity index (χ0) is 6.20. The summed E-state index contributed by atoms with van der Waals surface area (Å²) in [7, 11) is -3.56. The molecule has 5 nitrogen and oxygen atoms in total. The van der Waals surface area contributed by atoms with E-state index in [-0.39, 0.29) is 5.84 Å². The molecule has 0 spiro atoms. The lowest BCUT2D eigenvalue weighted by Gasteiger charge is -1.74. The molecule has 1 aliphatic heterocycles. The number of hydrogen-bond acceptors (Lipinski definition) is 3. The molecule has 8 heavy (non-hydrogen) atoms. The molecule has 0 atom stereocenters. The maximum absolute atomic E-state index is 10.2. The molecular weight excluding hydrogens is 130 g/mol. The summed E-state index contributed by atoms with van der Waals surface area (Å²) in [6.07, 6.45) is 0.995. The van der Waals surface area contributed by atoms with Crippen LogP contribution in [-0.2, 0) is 10.2 Å². The SMILES string of the molecule is NC1=NS(=O)(=O)N=C1. The maximum atomic E-state index is 10.2. The van der Waals surface area contributed by atoms with Crippen LogP contribution in [0.2, 0.25) is 0 Å². The van der Waals surface area contributed by atoms with Crippen molar-refractivity contribution < 1.29 is 8.42 Å². The van der Waals surface area contributed by atoms with E-state index in [1.54, 1.807) is 0 Å². The van der Waals surface area contributed by atoms with Gasteiger partial charge in [0.2, 0.25) is 0 Å². The van der Waals surface area contributed by atoms with Gasteiger partial charge in [-0.05, 0) is 0 Å². The van der Waals surface area contributed by atoms with E-state index < -0.39 is 10.2 Å². The molecule has 6 heteroatoms. The minimum Gasteiger partial charge on any atom is -0.382 e. The Morgan fingerprint density at radius 1 is 1.62 bits per heavy atom. The second kappa shape index (κ2) is 1.28. The Morgan fingerprint density at radius 2 is 2.25 bits per heavy atom. The number of nitrogens with zero attached hydrogens (tertiary/aromatic N) is 2. The van der Waals surface area contributed by atoms with Gasteiger partial charge in [-0.2, -0.15) is 8.42 Å². The fourth-order valence-electron chi connectivity index (χ4n) is 0.301. The van der Waals surface area contributed by atoms with Crippen LogP contribution in [0.4, 0.5) is 0 Å². The summed E-state index contributed by atoms with van der Waals surface area (Å²) in [6, 6.07) is 0. The first-order chi connectivity index (χ1) is 3.60. The van der Waals surface area contributed by atoms with E-state index in [1.165, 1.54) is 0 Å². The molecule has 0 amide bonds. The first-order valence-electron chi connectivity index (χ1n) is 1.76. The molecular formula is C2H3N3O2S. The summed E-state index contributed by atoms with van der Waals surface area (Å²) in [4.78, 5) is 0. The second-order valence-corrected chi connectivity index (χ2v) is 2.49. The van der Waals surface area contributed by atoms with Gasteiger partial charge in [0.1, 0.15) is 0 Å². The van der Waals surface area contributed by atoms with E-state index in [1.807, 2.05) is 0 Å². The van der Waals surface area contributed by atoms with E-state index in [0.717, 1.165) is 6.21 Å². The van der Waals surface area contributed by atoms with Gasteiger partial charge in [-0.25, -0.2) is 0 Å². The third-order valence-corrected chi connectivity index (χ3v) is 1.35. The quantitative estimate of drug-likeness (QED) is 0.444. The molecule has 0 bridgehead atoms. The summed E-state index contributed by atoms with van der Waals surface area (Å²) >= 11 is 0. The molecule has 1 aliphatic rings. The van der Waals surface area contributed by atoms with Crippen molar-refractivity contribution >= 4 is 22.3 Å². The molecule has 1 heterocycles. The fourth-order valence-corrected chi connectivity index (χ4v) is 0.903. The Morgan fingerprint density at radius 3 is 2.38 bits per heavy atom. The lowest BCUT2D eigenvalue weighted by molar-refractivity contribution is 0.601. The number of rotatable bonds is 0. The van der Waals surface area contributed by atoms with Gasteiger partial charge in [0.25, 0.3) is 0 Å². The van der Waals surface area contributed by atoms with Crippen molar-refractivity contribution in [2.45, 2.75) is 0 Å². The first-order valence-corrected chi connectivity index (χ1v) is 3.15. The fraction of sp³-hybridized carbons (Fsp3) is 0. The average Bonchev–Trinajstić information content (AvgIpc) is 1.82. The summed E-state index contributed by atoms with van der Waals surface area (Å²) in [6.45, 7) is 0. The van der Waals surface area contributed by atoms with Crippen LogP contribution in [0.15, 0.2) is 8.80 Å². The molecule has 0 aromatic carbocycles. The highest BCUT2D eigenvalue weighted by molar-refractivity contribution is 7.89. The molecule has 0 aromatic rings. The van der Waals surface area contributed by atoms with Crippen LogP contribution in [-0.4, -0.2) is 20.5 Å². The molecule has 0 unspecified atom stereocenters. The van der Waals surface area contributed by atoms with Crippen LogP contribution in [0.5, 0.6) is 0 Å². The summed E-state index contributed by atoms with van der Waals surface area (Å²) in [5.74, 6) is -0.0648. The second-order valence-electron chi connectivity index (χ2n) is 1.20. The van der Waals surface area contributed by atoms with Gasteiger partial charge in [-0.3, -0.25) is 0 Å². The molecule has 0 saturated carbocycles. The van der Waals surface area contributed by atoms with E-state index >= 15 is 0 Å². The highest BCUT2D eigenvalue weighted by Gasteiger charge is 2.09. The standard InChI is InChI=1S/C2H3N3O2S/c3-2-1-4-8(6,7)5-2/h1H,(H2,3,5). The van der Waals surface area contributed by atoms with Gasteiger partial charge in [0, 0.05) is 0 Å². The largest absolute Gasteiger partial charge is 0.382 e. The van der Waals surface area contributed by atoms with Crippen molar-refractivity contribution in [3.63, 3.8) is 0 Å². The van der Waals surface area contributed by atoms with Crippen molar-refractivity contribution in [3.05, 3.63) is 0 Å². The minimum atomic E-state index is -3.56. The number of nitrogens with two attached hydrogens (primary N) is 1. The maximum Gasteiger partial charge on any atom is 0.365 e. The van der Waals surface area contributed by atoms with Gasteiger partial charge in [0.05, 0.1) is 6.21 Å². The van der Waals surface area contributed by atoms with Gasteiger partial charge < -0.3 is 5.73 Å². The highest BCUT2D eigenvalue weighted by Crippen LogP contribution is 1.97. The van der Waals surface area contributed by atoms with E-state index in [2.05, 4.69) is 8.80 Å². The summed E-state index contributed by atoms with van der Waals surface area (Å²) in [5, 5.41) is 0. The number of hydrogen-bond donors (Lipinski definition) is 1. The average molecular weight is 133 g/mol. The minimum absolute atomic E-state index is 0.0648. The van der Waals surface area contributed by atoms with Crippen molar-refractivity contribution in [2.24, 2.45) is 14.5 Å². The van der Waals surface area contributed by atoms with Crippen molar-refractivity contribution in [3.8, 4) is 0 Å². The smallest absolute Gasteiger partial charge is 0.365 e. The molecule has 0 aliphatic carbocycles. The Hall–Kier alpha value is -0.910. The van der Waals surface area contributed by atoms with E-state index in [0.29, 0.717) is 0 Å². The van der Waals surface area contributed by atoms with Crippen LogP contribution in [0, 0.1) is 0 Å². The zero-order valence-corrected chi connectivity index (χ0v) is 4.59. The lowest BCUT2D eigenvalue weighted by Crippen LogP contribution is -2.09. The molecule has 44 valence electrons. The molecule has 0 radical (unpaired) electrons. The summed E-state index contributed by atoms with van der Waals surface area (Å²) in [5.41, 5.74) is 4.93. The molecule has 0 saturated heterocycles. The van der Waals surface area contributed by atoms with E-state index in [9.17, 15) is 8.42 Å². The van der Waals surface area contributed by atoms with Gasteiger partial charge in [-0.15, -0.1) is 8.80 Å². The normalized spacial score (nSPS) is 23.2. The molecule has 2 N–H and O–H groups in total. The van der Waals surface area contributed by atoms with Crippen LogP contribution < -0.4 is 5.73 Å². The predicted octanol–water partition coefficient (Wildman–Crippen LogP) is -1.33. The predicted molar refractivity (Wildman–Crippen MR) is 29.0 cm³/mol. The van der Waals surface area contributed by atoms with Crippen molar-refractivity contribution in [1.82, 2.24) is 0 Å². The highest BCUT2D eigenvalue weighted by atomic mass is 32.2. The number of amidine groups is 1. The Labute approximate surface area is 46.1 Å². The van der Waals surface area contributed by atoms with Crippen LogP contribution in [0.1, 0.15) is 0 Å².